The van der Waals surface area contributed by atoms with Gasteiger partial charge in [0.15, 0.2) is 0 Å². The average molecular weight is 296 g/mol. The van der Waals surface area contributed by atoms with Gasteiger partial charge in [0.25, 0.3) is 5.91 Å². The minimum Gasteiger partial charge on any atom is -0.351 e. The molecule has 1 aliphatic rings. The summed E-state index contributed by atoms with van der Waals surface area (Å²) < 4.78 is 0. The molecule has 1 aromatic heterocycles. The van der Waals surface area contributed by atoms with Crippen LogP contribution in [0.1, 0.15) is 36.7 Å². The van der Waals surface area contributed by atoms with E-state index in [-0.39, 0.29) is 5.91 Å². The second kappa shape index (κ2) is 7.60. The third-order valence-electron chi connectivity index (χ3n) is 3.95. The molecule has 5 heteroatoms. The van der Waals surface area contributed by atoms with Crippen LogP contribution in [0.25, 0.3) is 0 Å². The number of amides is 1. The number of carbonyl (C=O) groups excluding carboxylic acids is 1. The minimum absolute atomic E-state index is 0.118. The first-order valence-corrected chi connectivity index (χ1v) is 7.69. The number of likely N-dealkylation sites (tertiary alicyclic amines) is 1. The van der Waals surface area contributed by atoms with Gasteiger partial charge in [0.2, 0.25) is 0 Å². The van der Waals surface area contributed by atoms with Gasteiger partial charge in [-0.2, -0.15) is 0 Å². The molecule has 0 aromatic carbocycles. The number of aromatic nitrogens is 1. The summed E-state index contributed by atoms with van der Waals surface area (Å²) in [7, 11) is 0. The van der Waals surface area contributed by atoms with Gasteiger partial charge in [-0.05, 0) is 56.9 Å². The van der Waals surface area contributed by atoms with Crippen molar-refractivity contribution in [2.24, 2.45) is 5.92 Å². The van der Waals surface area contributed by atoms with E-state index < -0.39 is 0 Å². The number of hydrogen-bond acceptors (Lipinski definition) is 3. The molecule has 0 aliphatic carbocycles. The fourth-order valence-corrected chi connectivity index (χ4v) is 2.69. The highest BCUT2D eigenvalue weighted by Crippen LogP contribution is 2.19. The van der Waals surface area contributed by atoms with E-state index >= 15 is 0 Å². The molecule has 1 amide bonds. The normalized spacial score (nSPS) is 17.1. The third-order valence-corrected chi connectivity index (χ3v) is 4.18. The molecule has 1 aliphatic heterocycles. The number of pyridine rings is 1. The van der Waals surface area contributed by atoms with Crippen molar-refractivity contribution in [3.05, 3.63) is 29.0 Å². The molecule has 2 heterocycles. The van der Waals surface area contributed by atoms with E-state index in [2.05, 4.69) is 22.1 Å². The topological polar surface area (TPSA) is 45.2 Å². The van der Waals surface area contributed by atoms with Gasteiger partial charge < -0.3 is 10.2 Å². The van der Waals surface area contributed by atoms with E-state index in [0.29, 0.717) is 10.7 Å². The van der Waals surface area contributed by atoms with Gasteiger partial charge in [0.1, 0.15) is 5.69 Å². The molecule has 110 valence electrons. The van der Waals surface area contributed by atoms with Crippen LogP contribution in [0.4, 0.5) is 0 Å². The Hall–Kier alpha value is -1.13. The summed E-state index contributed by atoms with van der Waals surface area (Å²) >= 11 is 5.75. The van der Waals surface area contributed by atoms with E-state index in [4.69, 9.17) is 11.6 Å². The van der Waals surface area contributed by atoms with Gasteiger partial charge >= 0.3 is 0 Å². The van der Waals surface area contributed by atoms with Crippen LogP contribution in [0.3, 0.4) is 0 Å². The van der Waals surface area contributed by atoms with Crippen molar-refractivity contribution in [3.63, 3.8) is 0 Å². The van der Waals surface area contributed by atoms with Crippen molar-refractivity contribution in [2.75, 3.05) is 26.2 Å². The van der Waals surface area contributed by atoms with E-state index in [1.54, 1.807) is 12.1 Å². The lowest BCUT2D eigenvalue weighted by Crippen LogP contribution is -2.35. The highest BCUT2D eigenvalue weighted by Gasteiger charge is 2.18. The standard InChI is InChI=1S/C15H22ClN3O/c1-2-19-9-6-12(7-10-19)5-8-17-15(20)14-4-3-13(16)11-18-14/h3-4,11-12H,2,5-10H2,1H3,(H,17,20). The van der Waals surface area contributed by atoms with Crippen molar-refractivity contribution in [1.29, 1.82) is 0 Å². The smallest absolute Gasteiger partial charge is 0.269 e. The second-order valence-corrected chi connectivity index (χ2v) is 5.72. The quantitative estimate of drug-likeness (QED) is 0.908. The largest absolute Gasteiger partial charge is 0.351 e. The summed E-state index contributed by atoms with van der Waals surface area (Å²) in [5.41, 5.74) is 0.426. The molecule has 1 N–H and O–H groups in total. The SMILES string of the molecule is CCN1CCC(CCNC(=O)c2ccc(Cl)cn2)CC1. The second-order valence-electron chi connectivity index (χ2n) is 5.28. The maximum absolute atomic E-state index is 11.9. The molecule has 4 nitrogen and oxygen atoms in total. The Labute approximate surface area is 125 Å². The average Bonchev–Trinajstić information content (AvgIpc) is 2.48. The van der Waals surface area contributed by atoms with Crippen LogP contribution in [0.2, 0.25) is 5.02 Å². The Morgan fingerprint density at radius 1 is 1.45 bits per heavy atom. The highest BCUT2D eigenvalue weighted by molar-refractivity contribution is 6.30. The van der Waals surface area contributed by atoms with Crippen molar-refractivity contribution < 1.29 is 4.79 Å². The van der Waals surface area contributed by atoms with Gasteiger partial charge in [-0.15, -0.1) is 0 Å². The van der Waals surface area contributed by atoms with Gasteiger partial charge in [0, 0.05) is 12.7 Å². The van der Waals surface area contributed by atoms with Crippen molar-refractivity contribution in [1.82, 2.24) is 15.2 Å². The predicted octanol–water partition coefficient (Wildman–Crippen LogP) is 2.59. The Kier molecular flexibility index (Phi) is 5.80. The molecule has 0 saturated carbocycles. The molecule has 1 aromatic rings. The summed E-state index contributed by atoms with van der Waals surface area (Å²) in [6.07, 6.45) is 5.03. The summed E-state index contributed by atoms with van der Waals surface area (Å²) in [6.45, 7) is 6.45. The number of nitrogens with zero attached hydrogens (tertiary/aromatic N) is 2. The molecule has 0 radical (unpaired) electrons. The Morgan fingerprint density at radius 3 is 2.80 bits per heavy atom. The van der Waals surface area contributed by atoms with Crippen LogP contribution in [0, 0.1) is 5.92 Å². The summed E-state index contributed by atoms with van der Waals surface area (Å²) in [5, 5.41) is 3.48. The van der Waals surface area contributed by atoms with Gasteiger partial charge in [-0.1, -0.05) is 18.5 Å². The zero-order valence-corrected chi connectivity index (χ0v) is 12.7. The van der Waals surface area contributed by atoms with Crippen LogP contribution < -0.4 is 5.32 Å². The first kappa shape index (κ1) is 15.3. The lowest BCUT2D eigenvalue weighted by molar-refractivity contribution is 0.0943. The van der Waals surface area contributed by atoms with Gasteiger partial charge in [-0.3, -0.25) is 4.79 Å². The first-order valence-electron chi connectivity index (χ1n) is 7.31. The van der Waals surface area contributed by atoms with E-state index in [0.717, 1.165) is 25.4 Å². The number of rotatable bonds is 5. The predicted molar refractivity (Wildman–Crippen MR) is 81.0 cm³/mol. The van der Waals surface area contributed by atoms with E-state index in [1.807, 2.05) is 0 Å². The number of hydrogen-bond donors (Lipinski definition) is 1. The summed E-state index contributed by atoms with van der Waals surface area (Å²) in [6, 6.07) is 3.33. The van der Waals surface area contributed by atoms with E-state index in [1.165, 1.54) is 32.1 Å². The molecule has 0 atom stereocenters. The Morgan fingerprint density at radius 2 is 2.20 bits per heavy atom. The fourth-order valence-electron chi connectivity index (χ4n) is 2.58. The van der Waals surface area contributed by atoms with Crippen LogP contribution in [-0.2, 0) is 0 Å². The Bertz CT molecular complexity index is 427. The molecular formula is C15H22ClN3O. The molecule has 0 unspecified atom stereocenters. The van der Waals surface area contributed by atoms with Crippen molar-refractivity contribution >= 4 is 17.5 Å². The number of halogens is 1. The lowest BCUT2D eigenvalue weighted by atomic mass is 9.93. The maximum atomic E-state index is 11.9. The zero-order chi connectivity index (χ0) is 14.4. The Balaban J connectivity index is 1.68. The molecule has 0 spiro atoms. The van der Waals surface area contributed by atoms with E-state index in [9.17, 15) is 4.79 Å². The lowest BCUT2D eigenvalue weighted by Gasteiger charge is -2.30. The number of carbonyl (C=O) groups is 1. The fraction of sp³-hybridized carbons (Fsp3) is 0.600. The van der Waals surface area contributed by atoms with Crippen LogP contribution in [0.5, 0.6) is 0 Å². The van der Waals surface area contributed by atoms with Crippen LogP contribution >= 0.6 is 11.6 Å². The van der Waals surface area contributed by atoms with Crippen molar-refractivity contribution in [3.8, 4) is 0 Å². The van der Waals surface area contributed by atoms with Crippen LogP contribution in [-0.4, -0.2) is 42.0 Å². The van der Waals surface area contributed by atoms with Gasteiger partial charge in [0.05, 0.1) is 5.02 Å². The highest BCUT2D eigenvalue weighted by atomic mass is 35.5. The monoisotopic (exact) mass is 295 g/mol. The molecule has 2 rings (SSSR count). The third kappa shape index (κ3) is 4.46. The summed E-state index contributed by atoms with van der Waals surface area (Å²) in [5.74, 6) is 0.615. The molecule has 1 saturated heterocycles. The zero-order valence-electron chi connectivity index (χ0n) is 11.9. The van der Waals surface area contributed by atoms with Gasteiger partial charge in [-0.25, -0.2) is 4.98 Å². The molecule has 0 bridgehead atoms. The molecule has 1 fully saturated rings. The van der Waals surface area contributed by atoms with Crippen LogP contribution in [0.15, 0.2) is 18.3 Å². The minimum atomic E-state index is -0.118. The number of piperidine rings is 1. The maximum Gasteiger partial charge on any atom is 0.269 e. The number of nitrogens with one attached hydrogen (secondary N) is 1. The first-order chi connectivity index (χ1) is 9.69. The molecular weight excluding hydrogens is 274 g/mol. The molecule has 20 heavy (non-hydrogen) atoms. The van der Waals surface area contributed by atoms with Crippen molar-refractivity contribution in [2.45, 2.75) is 26.2 Å². The summed E-state index contributed by atoms with van der Waals surface area (Å²) in [4.78, 5) is 18.4.